The number of amides is 1. The summed E-state index contributed by atoms with van der Waals surface area (Å²) in [5.74, 6) is -0.0792. The molecule has 5 heteroatoms. The number of amidine groups is 1. The maximum absolute atomic E-state index is 11.6. The van der Waals surface area contributed by atoms with Crippen LogP contribution in [0.15, 0.2) is 58.1 Å². The fraction of sp³-hybridized carbons (Fsp3) is 0. The van der Waals surface area contributed by atoms with E-state index >= 15 is 0 Å². The average Bonchev–Trinajstić information content (AvgIpc) is 2.83. The van der Waals surface area contributed by atoms with Gasteiger partial charge in [0.15, 0.2) is 0 Å². The second-order valence-electron chi connectivity index (χ2n) is 3.18. The summed E-state index contributed by atoms with van der Waals surface area (Å²) in [5, 5.41) is 2.59. The summed E-state index contributed by atoms with van der Waals surface area (Å²) in [4.78, 5) is 15.8. The number of aliphatic imine (C=N–C) groups is 1. The normalized spacial score (nSPS) is 11.2. The van der Waals surface area contributed by atoms with Crippen LogP contribution in [0.2, 0.25) is 0 Å². The van der Waals surface area contributed by atoms with E-state index in [1.807, 2.05) is 30.3 Å². The number of nitrogens with one attached hydrogen (secondary N) is 1. The van der Waals surface area contributed by atoms with Gasteiger partial charge in [0.2, 0.25) is 0 Å². The Bertz CT molecular complexity index is 521. The second kappa shape index (κ2) is 5.48. The summed E-state index contributed by atoms with van der Waals surface area (Å²) in [6.07, 6.45) is 1.45. The fourth-order valence-electron chi connectivity index (χ4n) is 1.21. The topological polar surface area (TPSA) is 54.6 Å². The fourth-order valence-corrected chi connectivity index (χ4v) is 1.63. The minimum atomic E-state index is -0.330. The van der Waals surface area contributed by atoms with Gasteiger partial charge in [0, 0.05) is 0 Å². The minimum absolute atomic E-state index is 0.251. The molecule has 2 aromatic rings. The third-order valence-corrected chi connectivity index (χ3v) is 2.36. The Morgan fingerprint density at radius 3 is 2.59 bits per heavy atom. The Kier molecular flexibility index (Phi) is 3.75. The molecule has 17 heavy (non-hydrogen) atoms. The van der Waals surface area contributed by atoms with Crippen molar-refractivity contribution in [1.29, 1.82) is 0 Å². The number of furan rings is 1. The first kappa shape index (κ1) is 11.6. The van der Waals surface area contributed by atoms with E-state index in [-0.39, 0.29) is 11.7 Å². The van der Waals surface area contributed by atoms with Crippen LogP contribution in [0.5, 0.6) is 0 Å². The Hall–Kier alpha value is -1.84. The maximum atomic E-state index is 11.6. The molecular formula is C12H9N2O2Se. The van der Waals surface area contributed by atoms with Gasteiger partial charge in [-0.15, -0.1) is 0 Å². The van der Waals surface area contributed by atoms with Crippen LogP contribution in [0.1, 0.15) is 10.6 Å². The third kappa shape index (κ3) is 3.31. The molecule has 0 unspecified atom stereocenters. The van der Waals surface area contributed by atoms with Gasteiger partial charge in [0.25, 0.3) is 0 Å². The molecule has 1 radical (unpaired) electrons. The number of hydrogen-bond donors (Lipinski definition) is 1. The van der Waals surface area contributed by atoms with Gasteiger partial charge in [-0.3, -0.25) is 0 Å². The van der Waals surface area contributed by atoms with Crippen LogP contribution in [0.25, 0.3) is 0 Å². The van der Waals surface area contributed by atoms with Crippen molar-refractivity contribution in [2.45, 2.75) is 0 Å². The van der Waals surface area contributed by atoms with Gasteiger partial charge in [0.05, 0.1) is 0 Å². The van der Waals surface area contributed by atoms with Crippen molar-refractivity contribution in [2.75, 3.05) is 0 Å². The zero-order chi connectivity index (χ0) is 12.1. The van der Waals surface area contributed by atoms with E-state index in [9.17, 15) is 4.79 Å². The average molecular weight is 292 g/mol. The number of benzene rings is 1. The van der Waals surface area contributed by atoms with Gasteiger partial charge in [-0.25, -0.2) is 0 Å². The van der Waals surface area contributed by atoms with Crippen LogP contribution < -0.4 is 5.32 Å². The molecule has 85 valence electrons. The van der Waals surface area contributed by atoms with Gasteiger partial charge in [-0.2, -0.15) is 0 Å². The molecule has 0 aliphatic rings. The summed E-state index contributed by atoms with van der Waals surface area (Å²) in [6.45, 7) is 0. The number of carbonyl (C=O) groups is 1. The Balaban J connectivity index is 2.05. The van der Waals surface area contributed by atoms with E-state index in [0.29, 0.717) is 4.73 Å². The second-order valence-corrected chi connectivity index (χ2v) is 4.00. The monoisotopic (exact) mass is 293 g/mol. The van der Waals surface area contributed by atoms with Crippen LogP contribution in [-0.2, 0) is 0 Å². The zero-order valence-electron chi connectivity index (χ0n) is 8.79. The molecule has 2 rings (SSSR count). The molecule has 0 spiro atoms. The van der Waals surface area contributed by atoms with Gasteiger partial charge in [0.1, 0.15) is 0 Å². The van der Waals surface area contributed by atoms with Gasteiger partial charge >= 0.3 is 106 Å². The van der Waals surface area contributed by atoms with E-state index in [4.69, 9.17) is 4.42 Å². The Labute approximate surface area is 107 Å². The SMILES string of the molecule is O=C(NC([Se])=Nc1ccccc1)c1ccco1. The van der Waals surface area contributed by atoms with Gasteiger partial charge in [-0.1, -0.05) is 0 Å². The van der Waals surface area contributed by atoms with Gasteiger partial charge < -0.3 is 0 Å². The molecular weight excluding hydrogens is 283 g/mol. The molecule has 1 amide bonds. The standard InChI is InChI=1S/C12H9N2O2Se/c15-11(10-7-4-8-16-10)14-12(17)13-9-5-2-1-3-6-9/h1-8H,(H,13,14,15). The summed E-state index contributed by atoms with van der Waals surface area (Å²) in [7, 11) is 0. The molecule has 0 atom stereocenters. The van der Waals surface area contributed by atoms with Gasteiger partial charge in [-0.05, 0) is 0 Å². The molecule has 1 N–H and O–H groups in total. The van der Waals surface area contributed by atoms with Crippen LogP contribution in [0, 0.1) is 0 Å². The van der Waals surface area contributed by atoms with Crippen LogP contribution in [-0.4, -0.2) is 26.7 Å². The molecule has 4 nitrogen and oxygen atoms in total. The number of para-hydroxylation sites is 1. The van der Waals surface area contributed by atoms with Crippen molar-refractivity contribution in [1.82, 2.24) is 5.32 Å². The molecule has 0 fully saturated rings. The Morgan fingerprint density at radius 1 is 1.18 bits per heavy atom. The molecule has 1 aromatic heterocycles. The molecule has 1 heterocycles. The zero-order valence-corrected chi connectivity index (χ0v) is 10.5. The predicted molar refractivity (Wildman–Crippen MR) is 65.5 cm³/mol. The third-order valence-electron chi connectivity index (χ3n) is 1.95. The molecule has 0 bridgehead atoms. The summed E-state index contributed by atoms with van der Waals surface area (Å²) in [6, 6.07) is 12.6. The van der Waals surface area contributed by atoms with Crippen LogP contribution in [0.3, 0.4) is 0 Å². The van der Waals surface area contributed by atoms with Crippen molar-refractivity contribution in [3.63, 3.8) is 0 Å². The van der Waals surface area contributed by atoms with Crippen molar-refractivity contribution in [2.24, 2.45) is 4.99 Å². The first-order valence-corrected chi connectivity index (χ1v) is 5.77. The Morgan fingerprint density at radius 2 is 1.94 bits per heavy atom. The number of rotatable bonds is 2. The molecule has 0 saturated heterocycles. The predicted octanol–water partition coefficient (Wildman–Crippen LogP) is 1.87. The van der Waals surface area contributed by atoms with Crippen molar-refractivity contribution in [3.8, 4) is 0 Å². The molecule has 0 aliphatic heterocycles. The van der Waals surface area contributed by atoms with Crippen molar-refractivity contribution >= 4 is 32.3 Å². The quantitative estimate of drug-likeness (QED) is 0.522. The first-order chi connectivity index (χ1) is 8.25. The number of carbonyl (C=O) groups excluding carboxylic acids is 1. The van der Waals surface area contributed by atoms with E-state index in [0.717, 1.165) is 5.69 Å². The first-order valence-electron chi connectivity index (χ1n) is 4.91. The van der Waals surface area contributed by atoms with Crippen LogP contribution in [0.4, 0.5) is 5.69 Å². The summed E-state index contributed by atoms with van der Waals surface area (Å²) in [5.41, 5.74) is 0.765. The van der Waals surface area contributed by atoms with Crippen LogP contribution >= 0.6 is 0 Å². The molecule has 1 aromatic carbocycles. The summed E-state index contributed by atoms with van der Waals surface area (Å²) >= 11 is 2.69. The summed E-state index contributed by atoms with van der Waals surface area (Å²) < 4.78 is 5.37. The van der Waals surface area contributed by atoms with E-state index < -0.39 is 0 Å². The molecule has 0 aliphatic carbocycles. The van der Waals surface area contributed by atoms with Crippen molar-refractivity contribution < 1.29 is 9.21 Å². The van der Waals surface area contributed by atoms with E-state index in [1.165, 1.54) is 6.26 Å². The number of nitrogens with zero attached hydrogens (tertiary/aromatic N) is 1. The van der Waals surface area contributed by atoms with E-state index in [2.05, 4.69) is 26.3 Å². The number of hydrogen-bond acceptors (Lipinski definition) is 3. The molecule has 0 saturated carbocycles. The van der Waals surface area contributed by atoms with Crippen molar-refractivity contribution in [3.05, 3.63) is 54.5 Å². The van der Waals surface area contributed by atoms with E-state index in [1.54, 1.807) is 12.1 Å².